The molecule has 1 heterocycles. The molecule has 0 aromatic rings. The second-order valence-corrected chi connectivity index (χ2v) is 12.0. The summed E-state index contributed by atoms with van der Waals surface area (Å²) in [6.07, 6.45) is 40.2. The van der Waals surface area contributed by atoms with Crippen molar-refractivity contribution in [2.75, 3.05) is 6.54 Å². The van der Waals surface area contributed by atoms with Gasteiger partial charge in [0.1, 0.15) is 0 Å². The standard InChI is InChI=1S/C36H63N/c1-4-7-8-9-10-11-12-13-15-18-24-32(6-3)31-35(23-5-2)36-29-21-27-33-25-19-16-14-17-20-26-34(33)28-22-30-37-36/h5,23,31-32H,4,6-22,24-30H2,1-3H3/b23-5-,34-33-,35-31+,37-36+. The van der Waals surface area contributed by atoms with Gasteiger partial charge in [-0.05, 0) is 89.0 Å². The van der Waals surface area contributed by atoms with Gasteiger partial charge in [0, 0.05) is 12.3 Å². The van der Waals surface area contributed by atoms with Crippen LogP contribution in [-0.4, -0.2) is 12.3 Å². The van der Waals surface area contributed by atoms with Gasteiger partial charge in [0.05, 0.1) is 0 Å². The van der Waals surface area contributed by atoms with Crippen LogP contribution in [0.1, 0.15) is 175 Å². The van der Waals surface area contributed by atoms with Gasteiger partial charge in [-0.25, -0.2) is 0 Å². The Morgan fingerprint density at radius 1 is 0.676 bits per heavy atom. The number of hydrogen-bond acceptors (Lipinski definition) is 1. The van der Waals surface area contributed by atoms with Crippen molar-refractivity contribution in [1.82, 2.24) is 0 Å². The Morgan fingerprint density at radius 2 is 1.24 bits per heavy atom. The molecule has 0 bridgehead atoms. The molecule has 2 aliphatic rings. The predicted molar refractivity (Wildman–Crippen MR) is 168 cm³/mol. The average Bonchev–Trinajstić information content (AvgIpc) is 3.02. The summed E-state index contributed by atoms with van der Waals surface area (Å²) in [6, 6.07) is 0. The van der Waals surface area contributed by atoms with Crippen molar-refractivity contribution in [3.63, 3.8) is 0 Å². The Labute approximate surface area is 232 Å². The summed E-state index contributed by atoms with van der Waals surface area (Å²) in [5.41, 5.74) is 6.50. The molecule has 0 saturated heterocycles. The fourth-order valence-electron chi connectivity index (χ4n) is 6.44. The van der Waals surface area contributed by atoms with Crippen LogP contribution in [0.3, 0.4) is 0 Å². The smallest absolute Gasteiger partial charge is 0.0417 e. The van der Waals surface area contributed by atoms with Gasteiger partial charge in [-0.15, -0.1) is 0 Å². The van der Waals surface area contributed by atoms with Crippen LogP contribution in [0.2, 0.25) is 0 Å². The zero-order chi connectivity index (χ0) is 26.4. The SMILES string of the molecule is C\C=C/C(=C\C(CC)CCCCCCCCCCCC)C1=N/CCC/C2=C(/CCCCCCC2)CCC\1. The number of hydrogen-bond donors (Lipinski definition) is 0. The van der Waals surface area contributed by atoms with E-state index in [9.17, 15) is 0 Å². The van der Waals surface area contributed by atoms with E-state index >= 15 is 0 Å². The van der Waals surface area contributed by atoms with E-state index in [2.05, 4.69) is 39.0 Å². The van der Waals surface area contributed by atoms with Gasteiger partial charge in [-0.1, -0.05) is 127 Å². The normalized spacial score (nSPS) is 23.0. The summed E-state index contributed by atoms with van der Waals surface area (Å²) in [4.78, 5) is 5.22. The molecule has 1 aliphatic carbocycles. The molecule has 1 atom stereocenters. The summed E-state index contributed by atoms with van der Waals surface area (Å²) in [7, 11) is 0. The van der Waals surface area contributed by atoms with Crippen molar-refractivity contribution in [2.24, 2.45) is 10.9 Å². The van der Waals surface area contributed by atoms with Crippen LogP contribution >= 0.6 is 0 Å². The first-order valence-corrected chi connectivity index (χ1v) is 16.9. The molecular weight excluding hydrogens is 446 g/mol. The molecule has 0 fully saturated rings. The van der Waals surface area contributed by atoms with Gasteiger partial charge in [0.25, 0.3) is 0 Å². The lowest BCUT2D eigenvalue weighted by molar-refractivity contribution is 0.501. The maximum absolute atomic E-state index is 5.22. The van der Waals surface area contributed by atoms with Crippen molar-refractivity contribution >= 4 is 5.71 Å². The van der Waals surface area contributed by atoms with Crippen LogP contribution in [0.4, 0.5) is 0 Å². The lowest BCUT2D eigenvalue weighted by Crippen LogP contribution is -2.08. The first-order chi connectivity index (χ1) is 18.3. The third-order valence-corrected chi connectivity index (χ3v) is 8.84. The largest absolute Gasteiger partial charge is 0.289 e. The predicted octanol–water partition coefficient (Wildman–Crippen LogP) is 12.3. The minimum absolute atomic E-state index is 0.696. The van der Waals surface area contributed by atoms with Crippen LogP contribution in [0, 0.1) is 5.92 Å². The molecule has 1 aliphatic heterocycles. The molecule has 0 aromatic heterocycles. The molecule has 2 rings (SSSR count). The molecule has 0 aromatic carbocycles. The quantitative estimate of drug-likeness (QED) is 0.118. The summed E-state index contributed by atoms with van der Waals surface area (Å²) in [5, 5.41) is 0. The zero-order valence-electron chi connectivity index (χ0n) is 25.4. The maximum Gasteiger partial charge on any atom is 0.0417 e. The van der Waals surface area contributed by atoms with Crippen LogP contribution in [0.25, 0.3) is 0 Å². The van der Waals surface area contributed by atoms with Gasteiger partial charge >= 0.3 is 0 Å². The minimum atomic E-state index is 0.696. The molecular formula is C36H63N. The molecule has 0 spiro atoms. The number of aliphatic imine (C=N–C) groups is 1. The summed E-state index contributed by atoms with van der Waals surface area (Å²) >= 11 is 0. The van der Waals surface area contributed by atoms with E-state index in [4.69, 9.17) is 4.99 Å². The van der Waals surface area contributed by atoms with Gasteiger partial charge in [-0.3, -0.25) is 4.99 Å². The number of unbranched alkanes of at least 4 members (excludes halogenated alkanes) is 9. The van der Waals surface area contributed by atoms with E-state index in [-0.39, 0.29) is 0 Å². The Hall–Kier alpha value is -1.11. The van der Waals surface area contributed by atoms with E-state index in [0.717, 1.165) is 13.0 Å². The van der Waals surface area contributed by atoms with Crippen molar-refractivity contribution in [1.29, 1.82) is 0 Å². The Balaban J connectivity index is 1.86. The molecule has 1 nitrogen and oxygen atoms in total. The highest BCUT2D eigenvalue weighted by molar-refractivity contribution is 6.02. The van der Waals surface area contributed by atoms with Crippen molar-refractivity contribution < 1.29 is 0 Å². The Bertz CT molecular complexity index is 691. The monoisotopic (exact) mass is 509 g/mol. The molecule has 0 N–H and O–H groups in total. The minimum Gasteiger partial charge on any atom is -0.289 e. The lowest BCUT2D eigenvalue weighted by Gasteiger charge is -2.19. The molecule has 212 valence electrons. The highest BCUT2D eigenvalue weighted by Gasteiger charge is 2.14. The van der Waals surface area contributed by atoms with Crippen LogP contribution in [-0.2, 0) is 0 Å². The molecule has 0 amide bonds. The highest BCUT2D eigenvalue weighted by atomic mass is 14.7. The second kappa shape index (κ2) is 21.8. The fourth-order valence-corrected chi connectivity index (χ4v) is 6.44. The molecule has 0 radical (unpaired) electrons. The highest BCUT2D eigenvalue weighted by Crippen LogP contribution is 2.30. The van der Waals surface area contributed by atoms with E-state index < -0.39 is 0 Å². The zero-order valence-corrected chi connectivity index (χ0v) is 25.4. The number of rotatable bonds is 15. The van der Waals surface area contributed by atoms with Gasteiger partial charge < -0.3 is 0 Å². The van der Waals surface area contributed by atoms with Gasteiger partial charge in [0.2, 0.25) is 0 Å². The Morgan fingerprint density at radius 3 is 1.86 bits per heavy atom. The summed E-state index contributed by atoms with van der Waals surface area (Å²) in [5.74, 6) is 0.696. The average molecular weight is 510 g/mol. The lowest BCUT2D eigenvalue weighted by atomic mass is 9.89. The summed E-state index contributed by atoms with van der Waals surface area (Å²) in [6.45, 7) is 7.87. The first kappa shape index (κ1) is 32.1. The molecule has 1 heteroatoms. The van der Waals surface area contributed by atoms with Crippen LogP contribution in [0.15, 0.2) is 39.9 Å². The van der Waals surface area contributed by atoms with Gasteiger partial charge in [0.15, 0.2) is 0 Å². The van der Waals surface area contributed by atoms with E-state index in [1.54, 1.807) is 0 Å². The molecule has 0 saturated carbocycles. The second-order valence-electron chi connectivity index (χ2n) is 12.0. The molecule has 1 unspecified atom stereocenters. The van der Waals surface area contributed by atoms with E-state index in [0.29, 0.717) is 5.92 Å². The maximum atomic E-state index is 5.22. The van der Waals surface area contributed by atoms with Crippen LogP contribution < -0.4 is 0 Å². The number of nitrogens with zero attached hydrogens (tertiary/aromatic N) is 1. The third kappa shape index (κ3) is 14.6. The topological polar surface area (TPSA) is 12.4 Å². The summed E-state index contributed by atoms with van der Waals surface area (Å²) < 4.78 is 0. The van der Waals surface area contributed by atoms with Gasteiger partial charge in [-0.2, -0.15) is 0 Å². The first-order valence-electron chi connectivity index (χ1n) is 16.9. The van der Waals surface area contributed by atoms with Crippen LogP contribution in [0.5, 0.6) is 0 Å². The fraction of sp³-hybridized carbons (Fsp3) is 0.806. The molecule has 37 heavy (non-hydrogen) atoms. The van der Waals surface area contributed by atoms with E-state index in [1.807, 2.05) is 11.1 Å². The Kier molecular flexibility index (Phi) is 18.9. The number of allylic oxidation sites excluding steroid dienone is 6. The van der Waals surface area contributed by atoms with Crippen molar-refractivity contribution in [3.05, 3.63) is 34.9 Å². The van der Waals surface area contributed by atoms with Crippen molar-refractivity contribution in [3.8, 4) is 0 Å². The van der Waals surface area contributed by atoms with E-state index in [1.165, 1.54) is 159 Å². The third-order valence-electron chi connectivity index (χ3n) is 8.84. The van der Waals surface area contributed by atoms with Crippen molar-refractivity contribution in [2.45, 2.75) is 175 Å².